The first kappa shape index (κ1) is 80.3. The van der Waals surface area contributed by atoms with E-state index >= 15 is 0 Å². The number of Topliss-reactive ketones (excluding diaryl/α,β-unsaturated/α-hetero) is 2. The van der Waals surface area contributed by atoms with E-state index in [-0.39, 0.29) is 52.6 Å². The molecule has 10 aromatic rings. The summed E-state index contributed by atoms with van der Waals surface area (Å²) in [5, 5.41) is 20.0. The lowest BCUT2D eigenvalue weighted by molar-refractivity contribution is 0.00849. The van der Waals surface area contributed by atoms with Crippen molar-refractivity contribution >= 4 is 115 Å². The van der Waals surface area contributed by atoms with Crippen molar-refractivity contribution in [1.82, 2.24) is 39.8 Å². The lowest BCUT2D eigenvalue weighted by Gasteiger charge is -2.48. The molecule has 10 heterocycles. The van der Waals surface area contributed by atoms with Gasteiger partial charge in [0, 0.05) is 202 Å². The van der Waals surface area contributed by atoms with Crippen molar-refractivity contribution in [3.8, 4) is 0 Å². The van der Waals surface area contributed by atoms with Gasteiger partial charge in [0.05, 0.1) is 5.56 Å². The molecule has 8 aliphatic rings. The molecule has 0 radical (unpaired) electrons. The van der Waals surface area contributed by atoms with E-state index in [1.807, 2.05) is 159 Å². The number of hydrogen-bond acceptors (Lipinski definition) is 18. The number of halogens is 1. The predicted octanol–water partition coefficient (Wildman–Crippen LogP) is 12.1. The molecule has 8 aliphatic heterocycles. The molecule has 584 valence electrons. The fourth-order valence-electron chi connectivity index (χ4n) is 14.7. The van der Waals surface area contributed by atoms with Crippen molar-refractivity contribution in [3.63, 3.8) is 0 Å². The summed E-state index contributed by atoms with van der Waals surface area (Å²) in [5.74, 6) is -0.646. The molecule has 0 bridgehead atoms. The number of carbonyl (C=O) groups excluding carboxylic acids is 9. The zero-order chi connectivity index (χ0) is 79.8. The van der Waals surface area contributed by atoms with E-state index in [1.165, 1.54) is 40.0 Å². The summed E-state index contributed by atoms with van der Waals surface area (Å²) >= 11 is 7.96. The SMILES string of the molecule is CC(=O)c1ccc2c(c1)CCN2.CC(=O)c1ccc2c(c1)CCN2C(=O)c1ccccc1.O=C(Cl)c1ccccc1.O=C(O)c1ccc2c(c1)CCN2C(=O)c1ccccc1.O=C(c1ccc2c(c1)CCN2C(=O)c1ccccc1)N1CC(N2CCN(C(=O)c3nccs3)CC2)C1.O=C(c1nccs1)N1CCN(C2CNC2)CC1. The average Bonchev–Trinajstić information content (AvgIpc) is 1.52. The minimum absolute atomic E-state index is 0.00698. The molecule has 0 aliphatic carbocycles. The lowest BCUT2D eigenvalue weighted by Crippen LogP contribution is -2.64. The van der Waals surface area contributed by atoms with Crippen molar-refractivity contribution in [2.45, 2.75) is 51.6 Å². The summed E-state index contributed by atoms with van der Waals surface area (Å²) in [6.45, 7) is 16.3. The quantitative estimate of drug-likeness (QED) is 0.0758. The molecule has 23 nitrogen and oxygen atoms in total. The van der Waals surface area contributed by atoms with Gasteiger partial charge in [-0.3, -0.25) is 53.0 Å². The zero-order valence-corrected chi connectivity index (χ0v) is 65.7. The van der Waals surface area contributed by atoms with Crippen molar-refractivity contribution < 1.29 is 53.1 Å². The van der Waals surface area contributed by atoms with Crippen LogP contribution in [0.25, 0.3) is 0 Å². The third kappa shape index (κ3) is 19.5. The topological polar surface area (TPSA) is 267 Å². The van der Waals surface area contributed by atoms with Crippen LogP contribution in [0.2, 0.25) is 0 Å². The van der Waals surface area contributed by atoms with Gasteiger partial charge in [-0.25, -0.2) is 14.8 Å². The van der Waals surface area contributed by atoms with Crippen LogP contribution < -0.4 is 25.3 Å². The van der Waals surface area contributed by atoms with Gasteiger partial charge in [-0.1, -0.05) is 84.9 Å². The first-order chi connectivity index (χ1) is 55.3. The van der Waals surface area contributed by atoms with Crippen LogP contribution in [0, 0.1) is 0 Å². The monoisotopic (exact) mass is 1590 g/mol. The summed E-state index contributed by atoms with van der Waals surface area (Å²) < 4.78 is 0. The number of aromatic carboxylic acids is 1. The normalized spacial score (nSPS) is 15.9. The van der Waals surface area contributed by atoms with Crippen molar-refractivity contribution in [3.05, 3.63) is 294 Å². The molecule has 18 rings (SSSR count). The summed E-state index contributed by atoms with van der Waals surface area (Å²) in [6, 6.07) is 59.4. The Morgan fingerprint density at radius 2 is 0.763 bits per heavy atom. The van der Waals surface area contributed by atoms with Crippen molar-refractivity contribution in [1.29, 1.82) is 0 Å². The summed E-state index contributed by atoms with van der Waals surface area (Å²) in [7, 11) is 0. The van der Waals surface area contributed by atoms with Gasteiger partial charge in [0.2, 0.25) is 0 Å². The Labute approximate surface area is 674 Å². The molecule has 26 heteroatoms. The molecule has 6 amide bonds. The maximum absolute atomic E-state index is 13.1. The van der Waals surface area contributed by atoms with Gasteiger partial charge in [-0.15, -0.1) is 22.7 Å². The molecular formula is C88H87ClN12O11S2. The number of benzene rings is 8. The number of ketones is 2. The third-order valence-corrected chi connectivity index (χ3v) is 23.0. The van der Waals surface area contributed by atoms with Gasteiger partial charge in [0.1, 0.15) is 0 Å². The Morgan fingerprint density at radius 3 is 1.14 bits per heavy atom. The maximum Gasteiger partial charge on any atom is 0.335 e. The van der Waals surface area contributed by atoms with Crippen LogP contribution in [-0.4, -0.2) is 215 Å². The molecule has 0 unspecified atom stereocenters. The molecular weight excluding hydrogens is 1500 g/mol. The molecule has 4 saturated heterocycles. The van der Waals surface area contributed by atoms with E-state index in [0.717, 1.165) is 117 Å². The second-order valence-electron chi connectivity index (χ2n) is 28.4. The number of nitrogens with one attached hydrogen (secondary N) is 2. The number of amides is 6. The highest BCUT2D eigenvalue weighted by Gasteiger charge is 2.39. The summed E-state index contributed by atoms with van der Waals surface area (Å²) in [4.78, 5) is 143. The number of hydrogen-bond donors (Lipinski definition) is 3. The minimum atomic E-state index is -0.944. The Balaban J connectivity index is 0.000000126. The second-order valence-corrected chi connectivity index (χ2v) is 30.5. The van der Waals surface area contributed by atoms with E-state index in [4.69, 9.17) is 16.7 Å². The molecule has 0 saturated carbocycles. The number of fused-ring (bicyclic) bond motifs is 4. The van der Waals surface area contributed by atoms with E-state index in [9.17, 15) is 47.9 Å². The first-order valence-corrected chi connectivity index (χ1v) is 40.2. The fourth-order valence-corrected chi connectivity index (χ4v) is 16.0. The zero-order valence-electron chi connectivity index (χ0n) is 63.3. The van der Waals surface area contributed by atoms with Crippen molar-refractivity contribution in [2.75, 3.05) is 125 Å². The van der Waals surface area contributed by atoms with Crippen LogP contribution in [0.4, 0.5) is 22.7 Å². The van der Waals surface area contributed by atoms with Crippen molar-refractivity contribution in [2.24, 2.45) is 0 Å². The number of likely N-dealkylation sites (tertiary alicyclic amines) is 1. The number of carboxylic acid groups (broad SMARTS) is 1. The largest absolute Gasteiger partial charge is 0.478 e. The Morgan fingerprint density at radius 1 is 0.386 bits per heavy atom. The van der Waals surface area contributed by atoms with Crippen LogP contribution in [0.5, 0.6) is 0 Å². The van der Waals surface area contributed by atoms with E-state index < -0.39 is 11.2 Å². The number of thiazole rings is 2. The first-order valence-electron chi connectivity index (χ1n) is 38.1. The molecule has 114 heavy (non-hydrogen) atoms. The number of anilines is 4. The standard InChI is InChI=1S/C27H27N5O3S.C17H15NO2.C16H13NO3.C11H16N4OS.C10H11NO.C7H5ClO/c33-25(21-6-7-23-20(16-21)8-10-32(23)26(34)19-4-2-1-3-5-19)31-17-22(18-31)29-11-13-30(14-12-29)27(35)24-28-9-15-36-24;1-12(19)14-7-8-16-15(11-14)9-10-18(16)17(20)13-5-3-2-4-6-13;18-15(11-4-2-1-3-5-11)17-9-8-12-10-13(16(19)20)6-7-14(12)17;16-11(10-13-1-6-17-10)15-4-2-14(3-5-15)9-7-12-8-9;1-7(12)8-2-3-10-9(6-8)4-5-11-10;8-7(9)6-4-2-1-3-5-6/h1-7,9,15-16,22H,8,10-14,17-18H2;2-8,11H,9-10H2,1H3;1-7,10H,8-9H2,(H,19,20);1,6,9,12H,2-5,7-8H2;2-3,6,11H,4-5H2,1H3;1-5H. The minimum Gasteiger partial charge on any atom is -0.478 e. The van der Waals surface area contributed by atoms with Gasteiger partial charge in [0.25, 0.3) is 40.7 Å². The smallest absolute Gasteiger partial charge is 0.335 e. The number of piperazine rings is 2. The van der Waals surface area contributed by atoms with E-state index in [1.54, 1.807) is 95.5 Å². The number of rotatable bonds is 12. The van der Waals surface area contributed by atoms with E-state index in [2.05, 4.69) is 30.4 Å². The second kappa shape index (κ2) is 37.7. The molecule has 2 aromatic heterocycles. The van der Waals surface area contributed by atoms with Crippen LogP contribution >= 0.6 is 34.3 Å². The van der Waals surface area contributed by atoms with Gasteiger partial charge in [-0.2, -0.15) is 0 Å². The van der Waals surface area contributed by atoms with Crippen LogP contribution in [-0.2, 0) is 25.7 Å². The number of carboxylic acids is 1. The molecule has 3 N–H and O–H groups in total. The van der Waals surface area contributed by atoms with Gasteiger partial charge >= 0.3 is 5.97 Å². The average molecular weight is 1590 g/mol. The third-order valence-electron chi connectivity index (χ3n) is 21.2. The fraction of sp³-hybridized carbons (Fsp3) is 0.273. The van der Waals surface area contributed by atoms with Crippen LogP contribution in [0.3, 0.4) is 0 Å². The van der Waals surface area contributed by atoms with E-state index in [0.29, 0.717) is 108 Å². The number of nitrogens with zero attached hydrogens (tertiary/aromatic N) is 10. The highest BCUT2D eigenvalue weighted by atomic mass is 35.5. The maximum atomic E-state index is 13.1. The van der Waals surface area contributed by atoms with Gasteiger partial charge in [0.15, 0.2) is 21.6 Å². The Kier molecular flexibility index (Phi) is 26.6. The van der Waals surface area contributed by atoms with Crippen LogP contribution in [0.1, 0.15) is 139 Å². The predicted molar refractivity (Wildman–Crippen MR) is 443 cm³/mol. The Hall–Kier alpha value is -11.7. The lowest BCUT2D eigenvalue weighted by atomic mass is 10.0. The van der Waals surface area contributed by atoms with Gasteiger partial charge < -0.3 is 45.1 Å². The molecule has 8 aromatic carbocycles. The van der Waals surface area contributed by atoms with Gasteiger partial charge in [-0.05, 0) is 183 Å². The highest BCUT2D eigenvalue weighted by Crippen LogP contribution is 2.35. The Bertz CT molecular complexity index is 4990. The number of aromatic nitrogens is 2. The molecule has 4 fully saturated rings. The van der Waals surface area contributed by atoms with Crippen LogP contribution in [0.15, 0.2) is 217 Å². The molecule has 0 atom stereocenters. The molecule has 0 spiro atoms. The summed E-state index contributed by atoms with van der Waals surface area (Å²) in [5.41, 5.74) is 13.1. The summed E-state index contributed by atoms with van der Waals surface area (Å²) in [6.07, 6.45) is 6.63. The highest BCUT2D eigenvalue weighted by molar-refractivity contribution is 7.11. The number of carbonyl (C=O) groups is 10.